The Labute approximate surface area is 182 Å². The van der Waals surface area contributed by atoms with Crippen LogP contribution in [0.25, 0.3) is 27.5 Å². The molecule has 160 valence electrons. The van der Waals surface area contributed by atoms with Crippen LogP contribution in [0.2, 0.25) is 0 Å². The van der Waals surface area contributed by atoms with Crippen molar-refractivity contribution in [2.24, 2.45) is 0 Å². The fraction of sp³-hybridized carbons (Fsp3) is 0.150. The number of sulfonamides is 1. The number of benzene rings is 2. The maximum Gasteiger partial charge on any atom is 0.269 e. The third-order valence-electron chi connectivity index (χ3n) is 4.94. The van der Waals surface area contributed by atoms with Crippen LogP contribution in [0.15, 0.2) is 47.5 Å². The van der Waals surface area contributed by atoms with E-state index in [4.69, 9.17) is 10.5 Å². The predicted octanol–water partition coefficient (Wildman–Crippen LogP) is 1.30. The largest absolute Gasteiger partial charge is 0.354 e. The highest BCUT2D eigenvalue weighted by Crippen LogP contribution is 2.29. The first-order valence-corrected chi connectivity index (χ1v) is 10.8. The van der Waals surface area contributed by atoms with Gasteiger partial charge >= 0.3 is 0 Å². The Morgan fingerprint density at radius 2 is 1.81 bits per heavy atom. The van der Waals surface area contributed by atoms with Gasteiger partial charge in [-0.25, -0.2) is 8.42 Å². The minimum absolute atomic E-state index is 0.0588. The highest BCUT2D eigenvalue weighted by molar-refractivity contribution is 7.89. The van der Waals surface area contributed by atoms with Crippen molar-refractivity contribution in [2.45, 2.75) is 4.90 Å². The second kappa shape index (κ2) is 8.11. The molecular weight excluding hydrogens is 432 g/mol. The summed E-state index contributed by atoms with van der Waals surface area (Å²) in [4.78, 5) is 12.3. The molecule has 2 aromatic carbocycles. The van der Waals surface area contributed by atoms with Crippen molar-refractivity contribution in [2.75, 3.05) is 20.1 Å². The zero-order chi connectivity index (χ0) is 22.9. The van der Waals surface area contributed by atoms with Crippen LogP contribution in [-0.2, 0) is 10.0 Å². The van der Waals surface area contributed by atoms with Gasteiger partial charge in [0.15, 0.2) is 0 Å². The second-order valence-electron chi connectivity index (χ2n) is 6.72. The van der Waals surface area contributed by atoms with Crippen LogP contribution in [0.1, 0.15) is 10.5 Å². The van der Waals surface area contributed by atoms with E-state index >= 15 is 0 Å². The highest BCUT2D eigenvalue weighted by Gasteiger charge is 2.24. The van der Waals surface area contributed by atoms with Gasteiger partial charge in [-0.2, -0.15) is 25.0 Å². The summed E-state index contributed by atoms with van der Waals surface area (Å²) in [5.41, 5.74) is 2.20. The Morgan fingerprint density at radius 3 is 2.44 bits per heavy atom. The lowest BCUT2D eigenvalue weighted by Gasteiger charge is -2.16. The molecule has 4 aromatic rings. The number of aromatic nitrogens is 4. The predicted molar refractivity (Wildman–Crippen MR) is 114 cm³/mol. The number of hydrogen-bond donors (Lipinski definition) is 2. The SMILES string of the molecule is CNC(=O)c1[nH]n(-c2ccc(S(=O)(=O)N(CC#N)CC#N)cc2)c2c1ccc1nncc12. The number of rotatable bonds is 6. The molecule has 0 fully saturated rings. The quantitative estimate of drug-likeness (QED) is 0.420. The third kappa shape index (κ3) is 3.33. The summed E-state index contributed by atoms with van der Waals surface area (Å²) in [6.07, 6.45) is 1.59. The van der Waals surface area contributed by atoms with E-state index in [9.17, 15) is 13.2 Å². The molecule has 12 heteroatoms. The number of hydrogen-bond acceptors (Lipinski definition) is 7. The van der Waals surface area contributed by atoms with Crippen LogP contribution in [-0.4, -0.2) is 58.7 Å². The fourth-order valence-corrected chi connectivity index (χ4v) is 4.66. The molecule has 0 radical (unpaired) electrons. The molecule has 0 aliphatic heterocycles. The molecule has 1 amide bonds. The number of aromatic amines is 1. The van der Waals surface area contributed by atoms with Gasteiger partial charge in [-0.05, 0) is 36.4 Å². The van der Waals surface area contributed by atoms with Gasteiger partial charge in [0.05, 0.1) is 40.0 Å². The lowest BCUT2D eigenvalue weighted by molar-refractivity contribution is 0.0959. The van der Waals surface area contributed by atoms with Gasteiger partial charge in [-0.3, -0.25) is 14.6 Å². The number of fused-ring (bicyclic) bond motifs is 3. The van der Waals surface area contributed by atoms with Gasteiger partial charge in [-0.15, -0.1) is 0 Å². The Kier molecular flexibility index (Phi) is 5.32. The van der Waals surface area contributed by atoms with E-state index in [0.29, 0.717) is 27.8 Å². The summed E-state index contributed by atoms with van der Waals surface area (Å²) in [5.74, 6) is -0.316. The lowest BCUT2D eigenvalue weighted by atomic mass is 10.1. The monoisotopic (exact) mass is 448 g/mol. The normalized spacial score (nSPS) is 11.5. The zero-order valence-corrected chi connectivity index (χ0v) is 17.6. The third-order valence-corrected chi connectivity index (χ3v) is 6.75. The molecule has 0 aliphatic rings. The van der Waals surface area contributed by atoms with Crippen molar-refractivity contribution in [3.05, 3.63) is 48.3 Å². The summed E-state index contributed by atoms with van der Waals surface area (Å²) in [7, 11) is -2.49. The van der Waals surface area contributed by atoms with Gasteiger partial charge in [0.2, 0.25) is 10.0 Å². The average Bonchev–Trinajstić information content (AvgIpc) is 3.43. The van der Waals surface area contributed by atoms with Gasteiger partial charge < -0.3 is 5.32 Å². The minimum Gasteiger partial charge on any atom is -0.354 e. The number of nitrogens with zero attached hydrogens (tertiary/aromatic N) is 6. The number of amides is 1. The molecule has 0 saturated heterocycles. The molecule has 11 nitrogen and oxygen atoms in total. The van der Waals surface area contributed by atoms with E-state index in [-0.39, 0.29) is 10.8 Å². The summed E-state index contributed by atoms with van der Waals surface area (Å²) < 4.78 is 28.0. The van der Waals surface area contributed by atoms with Gasteiger partial charge in [0, 0.05) is 17.8 Å². The number of carbonyl (C=O) groups is 1. The standard InChI is InChI=1S/C20H16N8O3S/c1-23-20(29)18-15-6-7-17-16(12-24-25-17)19(15)28(26-18)13-2-4-14(5-3-13)32(30,31)27(10-8-21)11-9-22/h2-7,12,26H,10-11H2,1H3,(H,23,29). The van der Waals surface area contributed by atoms with E-state index in [1.807, 2.05) is 0 Å². The molecule has 2 N–H and O–H groups in total. The molecule has 2 aromatic heterocycles. The van der Waals surface area contributed by atoms with Crippen molar-refractivity contribution < 1.29 is 13.2 Å². The average molecular weight is 448 g/mol. The van der Waals surface area contributed by atoms with Gasteiger partial charge in [0.25, 0.3) is 5.91 Å². The molecule has 0 saturated carbocycles. The Bertz CT molecular complexity index is 1510. The zero-order valence-electron chi connectivity index (χ0n) is 16.8. The van der Waals surface area contributed by atoms with Crippen LogP contribution in [0.4, 0.5) is 0 Å². The molecule has 0 aliphatic carbocycles. The van der Waals surface area contributed by atoms with E-state index in [1.54, 1.807) is 47.3 Å². The molecule has 0 spiro atoms. The highest BCUT2D eigenvalue weighted by atomic mass is 32.2. The summed E-state index contributed by atoms with van der Waals surface area (Å²) in [6.45, 7) is -0.865. The van der Waals surface area contributed by atoms with E-state index < -0.39 is 23.1 Å². The molecule has 0 bridgehead atoms. The first kappa shape index (κ1) is 21.0. The molecule has 0 atom stereocenters. The minimum atomic E-state index is -4.02. The topological polar surface area (TPSA) is 161 Å². The Morgan fingerprint density at radius 1 is 1.12 bits per heavy atom. The van der Waals surface area contributed by atoms with Crippen molar-refractivity contribution in [1.82, 2.24) is 29.6 Å². The van der Waals surface area contributed by atoms with Crippen LogP contribution >= 0.6 is 0 Å². The second-order valence-corrected chi connectivity index (χ2v) is 8.66. The number of nitriles is 2. The van der Waals surface area contributed by atoms with Crippen LogP contribution in [0.5, 0.6) is 0 Å². The van der Waals surface area contributed by atoms with Gasteiger partial charge in [0.1, 0.15) is 18.8 Å². The van der Waals surface area contributed by atoms with Gasteiger partial charge in [-0.1, -0.05) is 0 Å². The maximum atomic E-state index is 12.8. The molecule has 0 unspecified atom stereocenters. The molecular formula is C20H16N8O3S. The van der Waals surface area contributed by atoms with Crippen molar-refractivity contribution in [1.29, 1.82) is 10.5 Å². The van der Waals surface area contributed by atoms with Crippen LogP contribution < -0.4 is 5.32 Å². The van der Waals surface area contributed by atoms with E-state index in [2.05, 4.69) is 20.6 Å². The molecule has 32 heavy (non-hydrogen) atoms. The fourth-order valence-electron chi connectivity index (χ4n) is 3.42. The summed E-state index contributed by atoms with van der Waals surface area (Å²) >= 11 is 0. The summed E-state index contributed by atoms with van der Waals surface area (Å²) in [6, 6.07) is 12.9. The van der Waals surface area contributed by atoms with Crippen molar-refractivity contribution in [3.8, 4) is 17.8 Å². The summed E-state index contributed by atoms with van der Waals surface area (Å²) in [5, 5.41) is 32.8. The van der Waals surface area contributed by atoms with Crippen LogP contribution in [0, 0.1) is 22.7 Å². The van der Waals surface area contributed by atoms with Crippen molar-refractivity contribution >= 4 is 37.7 Å². The number of carbonyl (C=O) groups excluding carboxylic acids is 1. The number of nitrogens with one attached hydrogen (secondary N) is 2. The van der Waals surface area contributed by atoms with E-state index in [0.717, 1.165) is 9.69 Å². The maximum absolute atomic E-state index is 12.8. The van der Waals surface area contributed by atoms with E-state index in [1.165, 1.54) is 19.2 Å². The molecule has 2 heterocycles. The molecule has 4 rings (SSSR count). The van der Waals surface area contributed by atoms with Crippen LogP contribution in [0.3, 0.4) is 0 Å². The van der Waals surface area contributed by atoms with Crippen molar-refractivity contribution in [3.63, 3.8) is 0 Å². The lowest BCUT2D eigenvalue weighted by Crippen LogP contribution is -2.31. The number of H-pyrrole nitrogens is 1. The Balaban J connectivity index is 1.86. The smallest absolute Gasteiger partial charge is 0.269 e. The first-order chi connectivity index (χ1) is 15.4. The first-order valence-electron chi connectivity index (χ1n) is 9.33. The Hall–Kier alpha value is -4.26.